The Morgan fingerprint density at radius 3 is 2.06 bits per heavy atom. The fourth-order valence-corrected chi connectivity index (χ4v) is 1.15. The monoisotopic (exact) mass is 233 g/mol. The van der Waals surface area contributed by atoms with E-state index in [0.717, 1.165) is 5.69 Å². The summed E-state index contributed by atoms with van der Waals surface area (Å²) in [5.74, 6) is 1.59. The molecule has 0 aliphatic rings. The summed E-state index contributed by atoms with van der Waals surface area (Å²) in [4.78, 5) is 8.02. The first-order chi connectivity index (χ1) is 8.11. The minimum absolute atomic E-state index is 0.345. The van der Waals surface area contributed by atoms with Crippen LogP contribution in [0.25, 0.3) is 0 Å². The van der Waals surface area contributed by atoms with Crippen molar-refractivity contribution in [2.24, 2.45) is 0 Å². The third-order valence-corrected chi connectivity index (χ3v) is 2.15. The van der Waals surface area contributed by atoms with Crippen LogP contribution in [0.4, 0.5) is 0 Å². The summed E-state index contributed by atoms with van der Waals surface area (Å²) in [5, 5.41) is 3.46. The fraction of sp³-hybridized carbons (Fsp3) is 0.462. The highest BCUT2D eigenvalue weighted by Gasteiger charge is 2.01. The highest BCUT2D eigenvalue weighted by atomic mass is 16.5. The predicted molar refractivity (Wildman–Crippen MR) is 66.7 cm³/mol. The lowest BCUT2D eigenvalue weighted by Crippen LogP contribution is -1.88. The molecule has 4 heteroatoms. The molecule has 0 N–H and O–H groups in total. The second-order valence-corrected chi connectivity index (χ2v) is 4.34. The Morgan fingerprint density at radius 1 is 1.00 bits per heavy atom. The van der Waals surface area contributed by atoms with Gasteiger partial charge in [-0.3, -0.25) is 4.98 Å². The Kier molecular flexibility index (Phi) is 5.33. The first kappa shape index (κ1) is 13.4. The van der Waals surface area contributed by atoms with Crippen molar-refractivity contribution < 1.29 is 4.52 Å². The summed E-state index contributed by atoms with van der Waals surface area (Å²) in [6.45, 7) is 8.30. The Balaban J connectivity index is 0.000000171. The van der Waals surface area contributed by atoms with Crippen molar-refractivity contribution in [2.75, 3.05) is 0 Å². The van der Waals surface area contributed by atoms with E-state index in [0.29, 0.717) is 17.7 Å². The van der Waals surface area contributed by atoms with Crippen LogP contribution in [0.15, 0.2) is 35.2 Å². The number of rotatable bonds is 2. The molecule has 2 aromatic heterocycles. The van der Waals surface area contributed by atoms with E-state index < -0.39 is 0 Å². The Morgan fingerprint density at radius 2 is 1.76 bits per heavy atom. The Bertz CT molecular complexity index is 396. The summed E-state index contributed by atoms with van der Waals surface area (Å²) in [7, 11) is 0. The first-order valence-corrected chi connectivity index (χ1v) is 5.78. The van der Waals surface area contributed by atoms with Crippen molar-refractivity contribution in [1.82, 2.24) is 15.1 Å². The van der Waals surface area contributed by atoms with Crippen molar-refractivity contribution in [3.05, 3.63) is 42.3 Å². The summed E-state index contributed by atoms with van der Waals surface area (Å²) >= 11 is 0. The van der Waals surface area contributed by atoms with E-state index in [1.54, 1.807) is 0 Å². The molecule has 0 spiro atoms. The van der Waals surface area contributed by atoms with Gasteiger partial charge in [0.25, 0.3) is 0 Å². The lowest BCUT2D eigenvalue weighted by atomic mass is 10.1. The van der Waals surface area contributed by atoms with E-state index in [-0.39, 0.29) is 0 Å². The van der Waals surface area contributed by atoms with E-state index in [1.807, 2.05) is 38.2 Å². The second-order valence-electron chi connectivity index (χ2n) is 4.34. The maximum atomic E-state index is 4.73. The summed E-state index contributed by atoms with van der Waals surface area (Å²) in [6.07, 6.45) is 3.24. The third kappa shape index (κ3) is 4.76. The van der Waals surface area contributed by atoms with Gasteiger partial charge >= 0.3 is 0 Å². The van der Waals surface area contributed by atoms with Gasteiger partial charge in [-0.15, -0.1) is 0 Å². The van der Waals surface area contributed by atoms with Crippen molar-refractivity contribution in [3.8, 4) is 0 Å². The molecular formula is C13H19N3O. The van der Waals surface area contributed by atoms with E-state index in [4.69, 9.17) is 4.52 Å². The van der Waals surface area contributed by atoms with Crippen LogP contribution in [0.3, 0.4) is 0 Å². The molecule has 92 valence electrons. The zero-order chi connectivity index (χ0) is 12.7. The van der Waals surface area contributed by atoms with E-state index in [2.05, 4.69) is 29.0 Å². The normalized spacial score (nSPS) is 10.2. The maximum Gasteiger partial charge on any atom is 0.228 e. The van der Waals surface area contributed by atoms with Crippen LogP contribution >= 0.6 is 0 Å². The number of nitrogens with zero attached hydrogens (tertiary/aromatic N) is 3. The molecule has 0 fully saturated rings. The summed E-state index contributed by atoms with van der Waals surface area (Å²) in [6, 6.07) is 6.00. The van der Waals surface area contributed by atoms with E-state index >= 15 is 0 Å². The van der Waals surface area contributed by atoms with Crippen LogP contribution in [0.2, 0.25) is 0 Å². The molecule has 2 aromatic rings. The van der Waals surface area contributed by atoms with Gasteiger partial charge in [0.15, 0.2) is 6.33 Å². The quantitative estimate of drug-likeness (QED) is 0.797. The molecule has 0 radical (unpaired) electrons. The van der Waals surface area contributed by atoms with Gasteiger partial charge in [0.2, 0.25) is 5.89 Å². The predicted octanol–water partition coefficient (Wildman–Crippen LogP) is 3.40. The Labute approximate surface area is 102 Å². The average molecular weight is 233 g/mol. The number of aromatic nitrogens is 3. The van der Waals surface area contributed by atoms with Crippen molar-refractivity contribution in [3.63, 3.8) is 0 Å². The summed E-state index contributed by atoms with van der Waals surface area (Å²) < 4.78 is 4.73. The molecule has 0 aromatic carbocycles. The van der Waals surface area contributed by atoms with E-state index in [1.165, 1.54) is 6.33 Å². The molecule has 17 heavy (non-hydrogen) atoms. The molecule has 2 rings (SSSR count). The van der Waals surface area contributed by atoms with Gasteiger partial charge in [0.1, 0.15) is 0 Å². The topological polar surface area (TPSA) is 51.8 Å². The van der Waals surface area contributed by atoms with Crippen LogP contribution in [0.5, 0.6) is 0 Å². The van der Waals surface area contributed by atoms with Gasteiger partial charge in [-0.05, 0) is 18.1 Å². The Hall–Kier alpha value is -1.71. The third-order valence-electron chi connectivity index (χ3n) is 2.15. The molecule has 4 nitrogen and oxygen atoms in total. The molecule has 0 aliphatic carbocycles. The lowest BCUT2D eigenvalue weighted by Gasteiger charge is -2.00. The minimum atomic E-state index is 0.345. The van der Waals surface area contributed by atoms with E-state index in [9.17, 15) is 0 Å². The molecule has 2 heterocycles. The van der Waals surface area contributed by atoms with Crippen LogP contribution in [-0.2, 0) is 0 Å². The molecule has 0 bridgehead atoms. The van der Waals surface area contributed by atoms with Gasteiger partial charge in [0, 0.05) is 17.8 Å². The standard InChI is InChI=1S/C8H11N.C5H8N2O/c1-7(2)8-5-3-4-6-9-8;1-4(2)5-6-3-7-8-5/h3-7H,1-2H3;3-4H,1-2H3. The number of hydrogen-bond acceptors (Lipinski definition) is 4. The fourth-order valence-electron chi connectivity index (χ4n) is 1.15. The second kappa shape index (κ2) is 6.78. The zero-order valence-electron chi connectivity index (χ0n) is 10.8. The van der Waals surface area contributed by atoms with Crippen LogP contribution in [-0.4, -0.2) is 15.1 Å². The maximum absolute atomic E-state index is 4.73. The van der Waals surface area contributed by atoms with Gasteiger partial charge < -0.3 is 4.52 Å². The smallest absolute Gasteiger partial charge is 0.228 e. The number of hydrogen-bond donors (Lipinski definition) is 0. The summed E-state index contributed by atoms with van der Waals surface area (Å²) in [5.41, 5.74) is 1.16. The van der Waals surface area contributed by atoms with Crippen molar-refractivity contribution in [2.45, 2.75) is 39.5 Å². The van der Waals surface area contributed by atoms with Gasteiger partial charge in [-0.1, -0.05) is 38.9 Å². The lowest BCUT2D eigenvalue weighted by molar-refractivity contribution is 0.364. The van der Waals surface area contributed by atoms with Crippen molar-refractivity contribution >= 4 is 0 Å². The van der Waals surface area contributed by atoms with Crippen molar-refractivity contribution in [1.29, 1.82) is 0 Å². The molecule has 0 saturated carbocycles. The minimum Gasteiger partial charge on any atom is -0.339 e. The molecule has 0 aliphatic heterocycles. The van der Waals surface area contributed by atoms with Gasteiger partial charge in [0.05, 0.1) is 0 Å². The van der Waals surface area contributed by atoms with Gasteiger partial charge in [-0.25, -0.2) is 0 Å². The largest absolute Gasteiger partial charge is 0.339 e. The first-order valence-electron chi connectivity index (χ1n) is 5.78. The molecular weight excluding hydrogens is 214 g/mol. The molecule has 0 saturated heterocycles. The highest BCUT2D eigenvalue weighted by Crippen LogP contribution is 2.08. The molecule has 0 unspecified atom stereocenters. The number of pyridine rings is 1. The zero-order valence-corrected chi connectivity index (χ0v) is 10.8. The molecule has 0 atom stereocenters. The van der Waals surface area contributed by atoms with Gasteiger partial charge in [-0.2, -0.15) is 4.98 Å². The highest BCUT2D eigenvalue weighted by molar-refractivity contribution is 5.06. The molecule has 0 amide bonds. The van der Waals surface area contributed by atoms with Crippen LogP contribution < -0.4 is 0 Å². The van der Waals surface area contributed by atoms with Crippen LogP contribution in [0, 0.1) is 0 Å². The SMILES string of the molecule is CC(C)c1ccccn1.CC(C)c1ncno1. The van der Waals surface area contributed by atoms with Crippen LogP contribution in [0.1, 0.15) is 51.1 Å². The average Bonchev–Trinajstić information content (AvgIpc) is 2.84.